The molecule has 13 rings (SSSR count). The van der Waals surface area contributed by atoms with E-state index in [0.717, 1.165) is 73.2 Å². The van der Waals surface area contributed by atoms with Crippen molar-refractivity contribution in [1.29, 1.82) is 0 Å². The van der Waals surface area contributed by atoms with E-state index in [4.69, 9.17) is 14.4 Å². The molecule has 12 aromatic rings. The van der Waals surface area contributed by atoms with Crippen LogP contribution in [0.1, 0.15) is 30.0 Å². The molecular formula is C57H37N3OS. The van der Waals surface area contributed by atoms with E-state index in [1.54, 1.807) is 0 Å². The molecule has 292 valence electrons. The van der Waals surface area contributed by atoms with Gasteiger partial charge in [-0.3, -0.25) is 0 Å². The molecule has 1 aliphatic heterocycles. The van der Waals surface area contributed by atoms with Crippen LogP contribution in [0.2, 0.25) is 0 Å². The van der Waals surface area contributed by atoms with Gasteiger partial charge < -0.3 is 8.98 Å². The second-order valence-corrected chi connectivity index (χ2v) is 17.6. The average molecular weight is 812 g/mol. The summed E-state index contributed by atoms with van der Waals surface area (Å²) in [6, 6.07) is 65.5. The van der Waals surface area contributed by atoms with Gasteiger partial charge in [0.15, 0.2) is 5.84 Å². The normalized spacial score (nSPS) is 15.8. The number of nitrogens with zero attached hydrogens (tertiary/aromatic N) is 3. The fourth-order valence-corrected chi connectivity index (χ4v) is 11.0. The Morgan fingerprint density at radius 2 is 1.24 bits per heavy atom. The number of fused-ring (bicyclic) bond motifs is 12. The number of aromatic nitrogens is 1. The minimum absolute atomic E-state index is 0.110. The molecule has 0 bridgehead atoms. The first-order chi connectivity index (χ1) is 30.6. The lowest BCUT2D eigenvalue weighted by Gasteiger charge is -2.20. The van der Waals surface area contributed by atoms with E-state index >= 15 is 0 Å². The molecule has 62 heavy (non-hydrogen) atoms. The zero-order chi connectivity index (χ0) is 40.9. The standard InChI is InChI=1S/C57H37N3OS/c1-34-23-27-47(58-57(36-14-3-2-4-15-36)59-56(34)39-24-26-43-42-20-10-12-22-53(42)62-54(43)31-39)45-32-44-41-19-9-11-21-51(41)61-52(44)33-50(45)60-48-28-25-35-13-7-8-18-40(35)55(48)46-29-37-16-5-6-17-38(37)30-49(46)60/h2-22,24-34H,23H2,1H3/b47-27+,58-57?,59-56?. The van der Waals surface area contributed by atoms with E-state index in [1.807, 2.05) is 17.4 Å². The highest BCUT2D eigenvalue weighted by Crippen LogP contribution is 2.43. The van der Waals surface area contributed by atoms with Gasteiger partial charge in [0.1, 0.15) is 11.2 Å². The minimum atomic E-state index is 0.110. The molecule has 3 aromatic heterocycles. The van der Waals surface area contributed by atoms with Gasteiger partial charge in [-0.25, -0.2) is 9.98 Å². The van der Waals surface area contributed by atoms with Gasteiger partial charge >= 0.3 is 0 Å². The smallest absolute Gasteiger partial charge is 0.160 e. The van der Waals surface area contributed by atoms with E-state index in [2.05, 4.69) is 193 Å². The van der Waals surface area contributed by atoms with Gasteiger partial charge in [0.2, 0.25) is 0 Å². The van der Waals surface area contributed by atoms with Crippen molar-refractivity contribution >= 4 is 114 Å². The van der Waals surface area contributed by atoms with Gasteiger partial charge in [-0.1, -0.05) is 146 Å². The lowest BCUT2D eigenvalue weighted by atomic mass is 9.92. The summed E-state index contributed by atoms with van der Waals surface area (Å²) in [6.45, 7) is 2.30. The van der Waals surface area contributed by atoms with Crippen molar-refractivity contribution in [1.82, 2.24) is 4.57 Å². The quantitative estimate of drug-likeness (QED) is 0.175. The maximum Gasteiger partial charge on any atom is 0.160 e. The number of para-hydroxylation sites is 1. The molecule has 0 saturated carbocycles. The molecule has 1 unspecified atom stereocenters. The Morgan fingerprint density at radius 3 is 2.11 bits per heavy atom. The first kappa shape index (κ1) is 35.2. The summed E-state index contributed by atoms with van der Waals surface area (Å²) in [5, 5.41) is 12.0. The average Bonchev–Trinajstić information content (AvgIpc) is 3.98. The molecule has 0 aliphatic carbocycles. The lowest BCUT2D eigenvalue weighted by Crippen LogP contribution is -2.17. The molecule has 1 atom stereocenters. The Labute approximate surface area is 361 Å². The van der Waals surface area contributed by atoms with Crippen molar-refractivity contribution in [3.63, 3.8) is 0 Å². The van der Waals surface area contributed by atoms with Crippen LogP contribution in [0.5, 0.6) is 0 Å². The van der Waals surface area contributed by atoms with Crippen molar-refractivity contribution in [3.05, 3.63) is 205 Å². The van der Waals surface area contributed by atoms with Crippen molar-refractivity contribution in [2.45, 2.75) is 13.3 Å². The van der Waals surface area contributed by atoms with Crippen LogP contribution in [0.15, 0.2) is 202 Å². The molecule has 0 saturated heterocycles. The van der Waals surface area contributed by atoms with E-state index in [1.165, 1.54) is 52.5 Å². The van der Waals surface area contributed by atoms with Gasteiger partial charge in [-0.15, -0.1) is 11.3 Å². The number of hydrogen-bond acceptors (Lipinski definition) is 4. The summed E-state index contributed by atoms with van der Waals surface area (Å²) in [7, 11) is 0. The topological polar surface area (TPSA) is 42.8 Å². The third-order valence-corrected chi connectivity index (χ3v) is 14.0. The maximum absolute atomic E-state index is 6.67. The van der Waals surface area contributed by atoms with Gasteiger partial charge in [-0.05, 0) is 76.0 Å². The molecule has 4 nitrogen and oxygen atoms in total. The molecule has 1 aliphatic rings. The largest absolute Gasteiger partial charge is 0.456 e. The van der Waals surface area contributed by atoms with Gasteiger partial charge in [0, 0.05) is 64.8 Å². The Kier molecular flexibility index (Phi) is 7.78. The highest BCUT2D eigenvalue weighted by atomic mass is 32.1. The number of aliphatic imine (C=N–C) groups is 2. The van der Waals surface area contributed by atoms with Gasteiger partial charge in [-0.2, -0.15) is 0 Å². The first-order valence-electron chi connectivity index (χ1n) is 21.3. The van der Waals surface area contributed by atoms with Crippen LogP contribution < -0.4 is 0 Å². The van der Waals surface area contributed by atoms with Crippen LogP contribution in [0.25, 0.3) is 96.8 Å². The van der Waals surface area contributed by atoms with Crippen LogP contribution in [-0.2, 0) is 0 Å². The van der Waals surface area contributed by atoms with Crippen LogP contribution in [0.4, 0.5) is 0 Å². The number of thiophene rings is 1. The third-order valence-electron chi connectivity index (χ3n) is 12.8. The van der Waals surface area contributed by atoms with Crippen LogP contribution >= 0.6 is 11.3 Å². The van der Waals surface area contributed by atoms with E-state index < -0.39 is 0 Å². The van der Waals surface area contributed by atoms with E-state index in [-0.39, 0.29) is 5.92 Å². The summed E-state index contributed by atoms with van der Waals surface area (Å²) in [4.78, 5) is 11.2. The first-order valence-corrected chi connectivity index (χ1v) is 22.1. The number of furan rings is 1. The molecule has 0 spiro atoms. The van der Waals surface area contributed by atoms with Crippen LogP contribution in [0.3, 0.4) is 0 Å². The van der Waals surface area contributed by atoms with Gasteiger partial charge in [0.25, 0.3) is 0 Å². The second-order valence-electron chi connectivity index (χ2n) is 16.5. The zero-order valence-corrected chi connectivity index (χ0v) is 34.7. The SMILES string of the molecule is CC1C/C=C(\c2cc3c(cc2-n2c4cc5ccccc5cc4c4c5ccccc5ccc42)oc2ccccc23)N=C(c2ccccc2)N=C1c1ccc2c(c1)sc1ccccc12. The van der Waals surface area contributed by atoms with Crippen molar-refractivity contribution in [2.24, 2.45) is 15.9 Å². The highest BCUT2D eigenvalue weighted by molar-refractivity contribution is 7.25. The monoisotopic (exact) mass is 811 g/mol. The second kappa shape index (κ2) is 13.7. The maximum atomic E-state index is 6.67. The molecule has 0 radical (unpaired) electrons. The van der Waals surface area contributed by atoms with E-state index in [0.29, 0.717) is 5.84 Å². The van der Waals surface area contributed by atoms with E-state index in [9.17, 15) is 0 Å². The molecule has 5 heteroatoms. The predicted octanol–water partition coefficient (Wildman–Crippen LogP) is 15.7. The predicted molar refractivity (Wildman–Crippen MR) is 264 cm³/mol. The number of benzene rings is 9. The summed E-state index contributed by atoms with van der Waals surface area (Å²) in [6.07, 6.45) is 3.10. The van der Waals surface area contributed by atoms with Crippen molar-refractivity contribution < 1.29 is 4.42 Å². The fourth-order valence-electron chi connectivity index (χ4n) is 9.81. The third kappa shape index (κ3) is 5.45. The highest BCUT2D eigenvalue weighted by Gasteiger charge is 2.24. The molecule has 0 amide bonds. The molecule has 0 N–H and O–H groups in total. The summed E-state index contributed by atoms with van der Waals surface area (Å²) < 4.78 is 11.7. The molecule has 0 fully saturated rings. The fraction of sp³-hybridized carbons (Fsp3) is 0.0526. The van der Waals surface area contributed by atoms with Crippen molar-refractivity contribution in [3.8, 4) is 5.69 Å². The van der Waals surface area contributed by atoms with Crippen LogP contribution in [0, 0.1) is 5.92 Å². The summed E-state index contributed by atoms with van der Waals surface area (Å²) in [5.41, 5.74) is 10.0. The molecule has 4 heterocycles. The molecule has 9 aromatic carbocycles. The zero-order valence-electron chi connectivity index (χ0n) is 33.8. The minimum Gasteiger partial charge on any atom is -0.456 e. The Bertz CT molecular complexity index is 3920. The lowest BCUT2D eigenvalue weighted by molar-refractivity contribution is 0.668. The number of rotatable bonds is 4. The number of hydrogen-bond donors (Lipinski definition) is 0. The van der Waals surface area contributed by atoms with Crippen molar-refractivity contribution in [2.75, 3.05) is 0 Å². The van der Waals surface area contributed by atoms with Gasteiger partial charge in [0.05, 0.1) is 28.1 Å². The Morgan fingerprint density at radius 1 is 0.516 bits per heavy atom. The summed E-state index contributed by atoms with van der Waals surface area (Å²) in [5.74, 6) is 0.802. The number of amidine groups is 1. The Balaban J connectivity index is 1.09. The summed E-state index contributed by atoms with van der Waals surface area (Å²) >= 11 is 1.84. The number of allylic oxidation sites excluding steroid dienone is 1. The Hall–Kier alpha value is -7.60. The molecular weight excluding hydrogens is 775 g/mol. The van der Waals surface area contributed by atoms with Crippen LogP contribution in [-0.4, -0.2) is 16.1 Å².